The molecule has 1 saturated carbocycles. The lowest BCUT2D eigenvalue weighted by atomic mass is 9.93. The number of rotatable bonds is 3. The van der Waals surface area contributed by atoms with Crippen LogP contribution in [0.15, 0.2) is 18.2 Å². The molecule has 1 atom stereocenters. The van der Waals surface area contributed by atoms with E-state index in [2.05, 4.69) is 11.9 Å². The Bertz CT molecular complexity index is 399. The van der Waals surface area contributed by atoms with Crippen LogP contribution in [0.1, 0.15) is 50.7 Å². The molecule has 1 N–H and O–H groups in total. The van der Waals surface area contributed by atoms with E-state index in [-0.39, 0.29) is 5.82 Å². The van der Waals surface area contributed by atoms with Crippen LogP contribution >= 0.6 is 0 Å². The molecule has 1 aromatic carbocycles. The van der Waals surface area contributed by atoms with Gasteiger partial charge in [0.05, 0.1) is 6.10 Å². The molecule has 1 fully saturated rings. The maximum atomic E-state index is 13.3. The van der Waals surface area contributed by atoms with E-state index in [4.69, 9.17) is 0 Å². The molecule has 0 radical (unpaired) electrons. The SMILES string of the molecule is C[C@H](O)c1cc(F)ccc1N(C)C1CCCCC1. The van der Waals surface area contributed by atoms with Crippen LogP contribution in [0.2, 0.25) is 0 Å². The summed E-state index contributed by atoms with van der Waals surface area (Å²) in [5.74, 6) is -0.285. The Morgan fingerprint density at radius 2 is 1.94 bits per heavy atom. The third-order valence-corrected chi connectivity index (χ3v) is 3.94. The van der Waals surface area contributed by atoms with Gasteiger partial charge in [-0.1, -0.05) is 19.3 Å². The fourth-order valence-corrected chi connectivity index (χ4v) is 2.85. The second kappa shape index (κ2) is 5.70. The van der Waals surface area contributed by atoms with Gasteiger partial charge in [0.15, 0.2) is 0 Å². The third-order valence-electron chi connectivity index (χ3n) is 3.94. The molecule has 1 aromatic rings. The number of aliphatic hydroxyl groups excluding tert-OH is 1. The Labute approximate surface area is 108 Å². The summed E-state index contributed by atoms with van der Waals surface area (Å²) in [6, 6.07) is 5.22. The van der Waals surface area contributed by atoms with Crippen LogP contribution in [0.25, 0.3) is 0 Å². The Hall–Kier alpha value is -1.09. The summed E-state index contributed by atoms with van der Waals surface area (Å²) >= 11 is 0. The Kier molecular flexibility index (Phi) is 4.23. The summed E-state index contributed by atoms with van der Waals surface area (Å²) in [4.78, 5) is 2.21. The monoisotopic (exact) mass is 251 g/mol. The summed E-state index contributed by atoms with van der Waals surface area (Å²) in [5.41, 5.74) is 1.64. The van der Waals surface area contributed by atoms with Gasteiger partial charge < -0.3 is 10.0 Å². The summed E-state index contributed by atoms with van der Waals surface area (Å²) in [5, 5.41) is 9.78. The Morgan fingerprint density at radius 3 is 2.56 bits per heavy atom. The van der Waals surface area contributed by atoms with Gasteiger partial charge in [-0.05, 0) is 38.0 Å². The fourth-order valence-electron chi connectivity index (χ4n) is 2.85. The van der Waals surface area contributed by atoms with Gasteiger partial charge in [-0.3, -0.25) is 0 Å². The summed E-state index contributed by atoms with van der Waals surface area (Å²) in [6.07, 6.45) is 5.58. The van der Waals surface area contributed by atoms with Crippen LogP contribution < -0.4 is 4.90 Å². The van der Waals surface area contributed by atoms with Gasteiger partial charge >= 0.3 is 0 Å². The molecule has 0 bridgehead atoms. The number of aliphatic hydroxyl groups is 1. The number of hydrogen-bond donors (Lipinski definition) is 1. The topological polar surface area (TPSA) is 23.5 Å². The zero-order valence-corrected chi connectivity index (χ0v) is 11.2. The molecular formula is C15H22FNO. The molecule has 0 spiro atoms. The van der Waals surface area contributed by atoms with Crippen LogP contribution in [-0.4, -0.2) is 18.2 Å². The first-order valence-electron chi connectivity index (χ1n) is 6.80. The molecule has 0 aliphatic heterocycles. The van der Waals surface area contributed by atoms with E-state index in [9.17, 15) is 9.50 Å². The van der Waals surface area contributed by atoms with Gasteiger partial charge in [-0.25, -0.2) is 4.39 Å². The van der Waals surface area contributed by atoms with Crippen molar-refractivity contribution in [3.8, 4) is 0 Å². The fraction of sp³-hybridized carbons (Fsp3) is 0.600. The number of benzene rings is 1. The minimum Gasteiger partial charge on any atom is -0.389 e. The summed E-state index contributed by atoms with van der Waals surface area (Å²) < 4.78 is 13.3. The van der Waals surface area contributed by atoms with Crippen molar-refractivity contribution >= 4 is 5.69 Å². The first-order chi connectivity index (χ1) is 8.59. The molecule has 2 nitrogen and oxygen atoms in total. The number of hydrogen-bond acceptors (Lipinski definition) is 2. The summed E-state index contributed by atoms with van der Waals surface area (Å²) in [7, 11) is 2.05. The lowest BCUT2D eigenvalue weighted by molar-refractivity contribution is 0.199. The molecule has 0 aromatic heterocycles. The molecule has 0 amide bonds. The normalized spacial score (nSPS) is 18.7. The molecule has 0 heterocycles. The van der Waals surface area contributed by atoms with Crippen molar-refractivity contribution in [1.82, 2.24) is 0 Å². The van der Waals surface area contributed by atoms with Crippen molar-refractivity contribution in [3.05, 3.63) is 29.6 Å². The molecule has 3 heteroatoms. The smallest absolute Gasteiger partial charge is 0.123 e. The van der Waals surface area contributed by atoms with Crippen LogP contribution in [0, 0.1) is 5.82 Å². The molecule has 2 rings (SSSR count). The molecular weight excluding hydrogens is 229 g/mol. The van der Waals surface area contributed by atoms with E-state index in [0.29, 0.717) is 11.6 Å². The first kappa shape index (κ1) is 13.3. The summed E-state index contributed by atoms with van der Waals surface area (Å²) in [6.45, 7) is 1.69. The Balaban J connectivity index is 2.25. The van der Waals surface area contributed by atoms with Crippen LogP contribution in [0.4, 0.5) is 10.1 Å². The highest BCUT2D eigenvalue weighted by Gasteiger charge is 2.21. The average Bonchev–Trinajstić information content (AvgIpc) is 2.39. The third kappa shape index (κ3) is 2.83. The largest absolute Gasteiger partial charge is 0.389 e. The van der Waals surface area contributed by atoms with Gasteiger partial charge in [-0.15, -0.1) is 0 Å². The van der Waals surface area contributed by atoms with E-state index < -0.39 is 6.10 Å². The second-order valence-electron chi connectivity index (χ2n) is 5.28. The molecule has 0 saturated heterocycles. The lowest BCUT2D eigenvalue weighted by Gasteiger charge is -2.34. The maximum Gasteiger partial charge on any atom is 0.123 e. The number of halogens is 1. The highest BCUT2D eigenvalue weighted by atomic mass is 19.1. The highest BCUT2D eigenvalue weighted by Crippen LogP contribution is 2.31. The predicted octanol–water partition coefficient (Wildman–Crippen LogP) is 3.65. The van der Waals surface area contributed by atoms with Gasteiger partial charge in [0, 0.05) is 24.3 Å². The molecule has 100 valence electrons. The standard InChI is InChI=1S/C15H22FNO/c1-11(18)14-10-12(16)8-9-15(14)17(2)13-6-4-3-5-7-13/h8-11,13,18H,3-7H2,1-2H3/t11-/m0/s1. The van der Waals surface area contributed by atoms with Crippen molar-refractivity contribution in [1.29, 1.82) is 0 Å². The minimum atomic E-state index is -0.637. The van der Waals surface area contributed by atoms with Crippen LogP contribution in [0.3, 0.4) is 0 Å². The minimum absolute atomic E-state index is 0.285. The lowest BCUT2D eigenvalue weighted by Crippen LogP contribution is -2.34. The van der Waals surface area contributed by atoms with Crippen molar-refractivity contribution in [2.24, 2.45) is 0 Å². The molecule has 1 aliphatic carbocycles. The van der Waals surface area contributed by atoms with E-state index in [1.165, 1.54) is 44.2 Å². The average molecular weight is 251 g/mol. The van der Waals surface area contributed by atoms with Crippen LogP contribution in [-0.2, 0) is 0 Å². The van der Waals surface area contributed by atoms with Gasteiger partial charge in [0.25, 0.3) is 0 Å². The van der Waals surface area contributed by atoms with Crippen molar-refractivity contribution in [3.63, 3.8) is 0 Å². The van der Waals surface area contributed by atoms with Gasteiger partial charge in [-0.2, -0.15) is 0 Å². The van der Waals surface area contributed by atoms with E-state index in [1.807, 2.05) is 0 Å². The number of nitrogens with zero attached hydrogens (tertiary/aromatic N) is 1. The molecule has 18 heavy (non-hydrogen) atoms. The second-order valence-corrected chi connectivity index (χ2v) is 5.28. The zero-order chi connectivity index (χ0) is 13.1. The van der Waals surface area contributed by atoms with Crippen molar-refractivity contribution < 1.29 is 9.50 Å². The van der Waals surface area contributed by atoms with E-state index in [0.717, 1.165) is 5.69 Å². The Morgan fingerprint density at radius 1 is 1.28 bits per heavy atom. The van der Waals surface area contributed by atoms with E-state index in [1.54, 1.807) is 13.0 Å². The quantitative estimate of drug-likeness (QED) is 0.886. The predicted molar refractivity (Wildman–Crippen MR) is 72.3 cm³/mol. The first-order valence-corrected chi connectivity index (χ1v) is 6.80. The highest BCUT2D eigenvalue weighted by molar-refractivity contribution is 5.55. The van der Waals surface area contributed by atoms with E-state index >= 15 is 0 Å². The zero-order valence-electron chi connectivity index (χ0n) is 11.2. The van der Waals surface area contributed by atoms with Crippen molar-refractivity contribution in [2.45, 2.75) is 51.2 Å². The molecule has 0 unspecified atom stereocenters. The number of anilines is 1. The molecule has 1 aliphatic rings. The van der Waals surface area contributed by atoms with Crippen LogP contribution in [0.5, 0.6) is 0 Å². The van der Waals surface area contributed by atoms with Crippen molar-refractivity contribution in [2.75, 3.05) is 11.9 Å². The van der Waals surface area contributed by atoms with Gasteiger partial charge in [0.2, 0.25) is 0 Å². The van der Waals surface area contributed by atoms with Gasteiger partial charge in [0.1, 0.15) is 5.82 Å². The maximum absolute atomic E-state index is 13.3.